The normalized spacial score (nSPS) is 16.0. The van der Waals surface area contributed by atoms with Crippen molar-refractivity contribution >= 4 is 16.8 Å². The van der Waals surface area contributed by atoms with Gasteiger partial charge in [0.25, 0.3) is 5.91 Å². The molecule has 0 saturated heterocycles. The lowest BCUT2D eigenvalue weighted by molar-refractivity contribution is 0.0952. The Morgan fingerprint density at radius 1 is 1.04 bits per heavy atom. The van der Waals surface area contributed by atoms with E-state index < -0.39 is 0 Å². The lowest BCUT2D eigenvalue weighted by atomic mass is 9.95. The van der Waals surface area contributed by atoms with Crippen molar-refractivity contribution in [1.82, 2.24) is 20.5 Å². The molecule has 0 atom stereocenters. The van der Waals surface area contributed by atoms with E-state index in [4.69, 9.17) is 0 Å². The number of carbonyl (C=O) groups excluding carboxylic acids is 1. The summed E-state index contributed by atoms with van der Waals surface area (Å²) in [6.45, 7) is 0.488. The first kappa shape index (κ1) is 14.8. The van der Waals surface area contributed by atoms with E-state index in [9.17, 15) is 4.79 Å². The van der Waals surface area contributed by atoms with Gasteiger partial charge in [-0.05, 0) is 62.1 Å². The summed E-state index contributed by atoms with van der Waals surface area (Å²) >= 11 is 0. The molecule has 5 heteroatoms. The van der Waals surface area contributed by atoms with Crippen molar-refractivity contribution in [3.63, 3.8) is 0 Å². The topological polar surface area (TPSA) is 73.6 Å². The molecule has 2 aliphatic rings. The van der Waals surface area contributed by atoms with Crippen LogP contribution < -0.4 is 5.32 Å². The molecule has 25 heavy (non-hydrogen) atoms. The van der Waals surface area contributed by atoms with Gasteiger partial charge in [-0.25, -0.2) is 0 Å². The number of nitrogens with zero attached hydrogens (tertiary/aromatic N) is 1. The quantitative estimate of drug-likeness (QED) is 0.688. The van der Waals surface area contributed by atoms with Crippen molar-refractivity contribution in [2.75, 3.05) is 0 Å². The summed E-state index contributed by atoms with van der Waals surface area (Å²) in [5, 5.41) is 11.7. The van der Waals surface area contributed by atoms with E-state index in [0.717, 1.165) is 42.5 Å². The fourth-order valence-electron chi connectivity index (χ4n) is 4.41. The van der Waals surface area contributed by atoms with Gasteiger partial charge < -0.3 is 10.3 Å². The molecule has 5 rings (SSSR count). The van der Waals surface area contributed by atoms with E-state index in [-0.39, 0.29) is 5.91 Å². The highest BCUT2D eigenvalue weighted by Gasteiger charge is 2.21. The number of para-hydroxylation sites is 1. The van der Waals surface area contributed by atoms with Gasteiger partial charge in [0, 0.05) is 16.8 Å². The van der Waals surface area contributed by atoms with Gasteiger partial charge in [-0.1, -0.05) is 12.1 Å². The van der Waals surface area contributed by atoms with Crippen molar-refractivity contribution < 1.29 is 4.79 Å². The molecule has 128 valence electrons. The molecule has 0 aliphatic heterocycles. The van der Waals surface area contributed by atoms with Gasteiger partial charge in [0.05, 0.1) is 23.3 Å². The summed E-state index contributed by atoms with van der Waals surface area (Å²) in [6.07, 6.45) is 7.98. The van der Waals surface area contributed by atoms with Gasteiger partial charge in [-0.3, -0.25) is 9.89 Å². The van der Waals surface area contributed by atoms with Crippen LogP contribution in [0.15, 0.2) is 18.2 Å². The number of carbonyl (C=O) groups is 1. The molecule has 0 radical (unpaired) electrons. The largest absolute Gasteiger partial charge is 0.358 e. The zero-order valence-electron chi connectivity index (χ0n) is 14.2. The Morgan fingerprint density at radius 3 is 2.84 bits per heavy atom. The van der Waals surface area contributed by atoms with Crippen molar-refractivity contribution in [1.29, 1.82) is 0 Å². The maximum Gasteiger partial charge on any atom is 0.253 e. The predicted octanol–water partition coefficient (Wildman–Crippen LogP) is 3.19. The second-order valence-electron chi connectivity index (χ2n) is 7.18. The Kier molecular flexibility index (Phi) is 3.40. The lowest BCUT2D eigenvalue weighted by Gasteiger charge is -2.10. The molecule has 2 heterocycles. The Bertz CT molecular complexity index is 966. The SMILES string of the molecule is O=C(NCc1n[nH]c2c1CCC2)c1cccc2c3c([nH]c12)CCCC3. The first-order valence-electron chi connectivity index (χ1n) is 9.27. The number of hydrogen-bond donors (Lipinski definition) is 3. The van der Waals surface area contributed by atoms with Crippen molar-refractivity contribution in [2.45, 2.75) is 51.5 Å². The van der Waals surface area contributed by atoms with Gasteiger partial charge in [0.1, 0.15) is 0 Å². The van der Waals surface area contributed by atoms with Crippen LogP contribution in [0.4, 0.5) is 0 Å². The average molecular weight is 334 g/mol. The molecule has 1 amide bonds. The van der Waals surface area contributed by atoms with Crippen LogP contribution in [0.1, 0.15) is 57.8 Å². The van der Waals surface area contributed by atoms with Crippen LogP contribution in [0.5, 0.6) is 0 Å². The highest BCUT2D eigenvalue weighted by atomic mass is 16.1. The number of aromatic nitrogens is 3. The smallest absolute Gasteiger partial charge is 0.253 e. The van der Waals surface area contributed by atoms with Crippen LogP contribution in [-0.2, 0) is 32.2 Å². The first-order valence-corrected chi connectivity index (χ1v) is 9.27. The molecule has 0 spiro atoms. The van der Waals surface area contributed by atoms with E-state index in [1.807, 2.05) is 12.1 Å². The number of rotatable bonds is 3. The minimum atomic E-state index is -0.0288. The van der Waals surface area contributed by atoms with Crippen molar-refractivity contribution in [2.24, 2.45) is 0 Å². The van der Waals surface area contributed by atoms with E-state index in [1.54, 1.807) is 0 Å². The summed E-state index contributed by atoms with van der Waals surface area (Å²) in [5.74, 6) is -0.0288. The Balaban J connectivity index is 1.42. The van der Waals surface area contributed by atoms with Crippen LogP contribution in [0.2, 0.25) is 0 Å². The van der Waals surface area contributed by atoms with Gasteiger partial charge >= 0.3 is 0 Å². The van der Waals surface area contributed by atoms with Crippen LogP contribution in [0, 0.1) is 0 Å². The molecule has 0 saturated carbocycles. The zero-order chi connectivity index (χ0) is 16.8. The van der Waals surface area contributed by atoms with Crippen molar-refractivity contribution in [3.8, 4) is 0 Å². The number of nitrogens with one attached hydrogen (secondary N) is 3. The molecule has 5 nitrogen and oxygen atoms in total. The first-order chi connectivity index (χ1) is 12.3. The Hall–Kier alpha value is -2.56. The third-order valence-electron chi connectivity index (χ3n) is 5.69. The molecule has 0 bridgehead atoms. The summed E-state index contributed by atoms with van der Waals surface area (Å²) in [4.78, 5) is 16.3. The molecule has 2 aromatic heterocycles. The zero-order valence-corrected chi connectivity index (χ0v) is 14.2. The van der Waals surface area contributed by atoms with E-state index >= 15 is 0 Å². The van der Waals surface area contributed by atoms with Gasteiger partial charge in [0.15, 0.2) is 0 Å². The summed E-state index contributed by atoms with van der Waals surface area (Å²) in [7, 11) is 0. The number of benzene rings is 1. The third-order valence-corrected chi connectivity index (χ3v) is 5.69. The highest BCUT2D eigenvalue weighted by Crippen LogP contribution is 2.30. The number of hydrogen-bond acceptors (Lipinski definition) is 2. The molecule has 3 aromatic rings. The summed E-state index contributed by atoms with van der Waals surface area (Å²) in [6, 6.07) is 6.04. The minimum absolute atomic E-state index is 0.0288. The van der Waals surface area contributed by atoms with Crippen LogP contribution in [-0.4, -0.2) is 21.1 Å². The Labute approximate surface area is 146 Å². The van der Waals surface area contributed by atoms with E-state index in [2.05, 4.69) is 26.6 Å². The molecule has 1 aromatic carbocycles. The number of H-pyrrole nitrogens is 2. The van der Waals surface area contributed by atoms with Crippen LogP contribution in [0.25, 0.3) is 10.9 Å². The Morgan fingerprint density at radius 2 is 1.88 bits per heavy atom. The second kappa shape index (κ2) is 5.76. The van der Waals surface area contributed by atoms with Gasteiger partial charge in [0.2, 0.25) is 0 Å². The van der Waals surface area contributed by atoms with E-state index in [0.29, 0.717) is 6.54 Å². The van der Waals surface area contributed by atoms with Crippen LogP contribution >= 0.6 is 0 Å². The average Bonchev–Trinajstić information content (AvgIpc) is 3.33. The lowest BCUT2D eigenvalue weighted by Crippen LogP contribution is -2.23. The number of fused-ring (bicyclic) bond motifs is 4. The number of amides is 1. The predicted molar refractivity (Wildman–Crippen MR) is 96.7 cm³/mol. The molecule has 2 aliphatic carbocycles. The van der Waals surface area contributed by atoms with Crippen molar-refractivity contribution in [3.05, 3.63) is 52.0 Å². The van der Waals surface area contributed by atoms with E-state index in [1.165, 1.54) is 47.2 Å². The molecule has 0 fully saturated rings. The van der Waals surface area contributed by atoms with Gasteiger partial charge in [-0.15, -0.1) is 0 Å². The maximum atomic E-state index is 12.8. The standard InChI is InChI=1S/C20H22N4O/c25-20(21-11-18-14-7-4-10-17(14)23-24-18)15-8-3-6-13-12-5-1-2-9-16(12)22-19(13)15/h3,6,8,22H,1-2,4-5,7,9-11H2,(H,21,25)(H,23,24). The minimum Gasteiger partial charge on any atom is -0.358 e. The molecule has 3 N–H and O–H groups in total. The van der Waals surface area contributed by atoms with Crippen LogP contribution in [0.3, 0.4) is 0 Å². The monoisotopic (exact) mass is 334 g/mol. The molecular formula is C20H22N4O. The fourth-order valence-corrected chi connectivity index (χ4v) is 4.41. The van der Waals surface area contributed by atoms with Gasteiger partial charge in [-0.2, -0.15) is 5.10 Å². The fraction of sp³-hybridized carbons (Fsp3) is 0.400. The highest BCUT2D eigenvalue weighted by molar-refractivity contribution is 6.06. The number of aromatic amines is 2. The molecule has 0 unspecified atom stereocenters. The maximum absolute atomic E-state index is 12.8. The summed E-state index contributed by atoms with van der Waals surface area (Å²) in [5.41, 5.74) is 7.96. The number of aryl methyl sites for hydroxylation is 3. The molecular weight excluding hydrogens is 312 g/mol. The third kappa shape index (κ3) is 2.37. The second-order valence-corrected chi connectivity index (χ2v) is 7.18. The summed E-state index contributed by atoms with van der Waals surface area (Å²) < 4.78 is 0.